The van der Waals surface area contributed by atoms with Gasteiger partial charge in [-0.15, -0.1) is 0 Å². The largest absolute Gasteiger partial charge is 0.339 e. The third-order valence-electron chi connectivity index (χ3n) is 6.62. The molecule has 2 fully saturated rings. The van der Waals surface area contributed by atoms with E-state index in [0.29, 0.717) is 25.7 Å². The van der Waals surface area contributed by atoms with Crippen LogP contribution in [0.3, 0.4) is 0 Å². The zero-order valence-electron chi connectivity index (χ0n) is 17.7. The number of nitrogens with zero attached hydrogens (tertiary/aromatic N) is 2. The van der Waals surface area contributed by atoms with E-state index in [1.165, 1.54) is 5.56 Å². The zero-order valence-corrected chi connectivity index (χ0v) is 17.7. The van der Waals surface area contributed by atoms with E-state index in [1.807, 2.05) is 65.6 Å². The Morgan fingerprint density at radius 2 is 1.48 bits per heavy atom. The molecule has 0 spiro atoms. The number of hydrogen-bond acceptors (Lipinski definition) is 2. The maximum Gasteiger partial charge on any atom is 0.254 e. The molecule has 1 aliphatic heterocycles. The molecule has 1 saturated heterocycles. The van der Waals surface area contributed by atoms with Crippen LogP contribution in [-0.2, 0) is 11.3 Å². The van der Waals surface area contributed by atoms with Gasteiger partial charge in [-0.05, 0) is 48.1 Å². The Hall–Kier alpha value is -3.14. The molecule has 31 heavy (non-hydrogen) atoms. The van der Waals surface area contributed by atoms with E-state index in [-0.39, 0.29) is 17.7 Å². The van der Waals surface area contributed by atoms with Crippen LogP contribution < -0.4 is 0 Å². The molecule has 4 heteroatoms. The number of fused-ring (bicyclic) bond motifs is 1. The summed E-state index contributed by atoms with van der Waals surface area (Å²) in [7, 11) is 0. The molecule has 1 heterocycles. The first-order valence-corrected chi connectivity index (χ1v) is 11.3. The topological polar surface area (TPSA) is 40.6 Å². The highest BCUT2D eigenvalue weighted by Crippen LogP contribution is 2.32. The molecule has 1 aliphatic carbocycles. The van der Waals surface area contributed by atoms with Crippen molar-refractivity contribution in [2.45, 2.75) is 38.3 Å². The summed E-state index contributed by atoms with van der Waals surface area (Å²) in [6.07, 6.45) is 3.70. The van der Waals surface area contributed by atoms with Crippen molar-refractivity contribution in [2.24, 2.45) is 5.92 Å². The zero-order chi connectivity index (χ0) is 21.2. The molecule has 0 atom stereocenters. The van der Waals surface area contributed by atoms with E-state index in [1.54, 1.807) is 0 Å². The molecule has 0 aromatic heterocycles. The quantitative estimate of drug-likeness (QED) is 0.599. The first-order chi connectivity index (χ1) is 15.2. The monoisotopic (exact) mass is 412 g/mol. The first-order valence-electron chi connectivity index (χ1n) is 11.3. The molecule has 3 aromatic rings. The van der Waals surface area contributed by atoms with E-state index < -0.39 is 0 Å². The normalized spacial score (nSPS) is 17.0. The molecule has 0 unspecified atom stereocenters. The average Bonchev–Trinajstić information content (AvgIpc) is 3.67. The van der Waals surface area contributed by atoms with E-state index in [2.05, 4.69) is 17.0 Å². The van der Waals surface area contributed by atoms with E-state index >= 15 is 0 Å². The number of amides is 2. The van der Waals surface area contributed by atoms with E-state index in [4.69, 9.17) is 0 Å². The number of hydrogen-bond donors (Lipinski definition) is 0. The summed E-state index contributed by atoms with van der Waals surface area (Å²) in [5, 5.41) is 2.08. The van der Waals surface area contributed by atoms with Crippen LogP contribution in [0.25, 0.3) is 10.8 Å². The molecule has 2 amide bonds. The summed E-state index contributed by atoms with van der Waals surface area (Å²) in [6.45, 7) is 1.98. The molecule has 5 rings (SSSR count). The lowest BCUT2D eigenvalue weighted by molar-refractivity contribution is -0.138. The van der Waals surface area contributed by atoms with Crippen molar-refractivity contribution in [3.05, 3.63) is 83.9 Å². The lowest BCUT2D eigenvalue weighted by Crippen LogP contribution is -2.45. The van der Waals surface area contributed by atoms with Gasteiger partial charge in [-0.2, -0.15) is 0 Å². The summed E-state index contributed by atoms with van der Waals surface area (Å²) in [5.74, 6) is 0.357. The predicted octanol–water partition coefficient (Wildman–Crippen LogP) is 4.88. The molecule has 0 N–H and O–H groups in total. The van der Waals surface area contributed by atoms with E-state index in [9.17, 15) is 9.59 Å². The van der Waals surface area contributed by atoms with Crippen LogP contribution in [-0.4, -0.2) is 40.7 Å². The minimum atomic E-state index is 0.0147. The fourth-order valence-corrected chi connectivity index (χ4v) is 4.70. The SMILES string of the molecule is O=C(c1cccc2ccccc12)N1CCC(C(=O)N(Cc2ccccc2)C2CC2)CC1. The Morgan fingerprint density at radius 1 is 0.806 bits per heavy atom. The van der Waals surface area contributed by atoms with Crippen LogP contribution in [0.1, 0.15) is 41.6 Å². The second-order valence-electron chi connectivity index (χ2n) is 8.78. The second kappa shape index (κ2) is 8.54. The number of carbonyl (C=O) groups excluding carboxylic acids is 2. The molecule has 0 radical (unpaired) electrons. The Bertz CT molecular complexity index is 1080. The standard InChI is InChI=1S/C27H28N2O2/c30-26(29(23-13-14-23)19-20-7-2-1-3-8-20)22-15-17-28(18-16-22)27(31)25-12-6-10-21-9-4-5-11-24(21)25/h1-12,22-23H,13-19H2. The van der Waals surface area contributed by atoms with Gasteiger partial charge in [0.15, 0.2) is 0 Å². The number of benzene rings is 3. The third kappa shape index (κ3) is 4.20. The molecular weight excluding hydrogens is 384 g/mol. The summed E-state index contributed by atoms with van der Waals surface area (Å²) in [4.78, 5) is 30.5. The fraction of sp³-hybridized carbons (Fsp3) is 0.333. The van der Waals surface area contributed by atoms with Gasteiger partial charge in [0, 0.05) is 37.2 Å². The number of carbonyl (C=O) groups is 2. The van der Waals surface area contributed by atoms with Crippen LogP contribution in [0.5, 0.6) is 0 Å². The van der Waals surface area contributed by atoms with Crippen molar-refractivity contribution in [3.8, 4) is 0 Å². The molecule has 0 bridgehead atoms. The highest BCUT2D eigenvalue weighted by molar-refractivity contribution is 6.07. The molecule has 1 saturated carbocycles. The van der Waals surface area contributed by atoms with Gasteiger partial charge in [0.25, 0.3) is 5.91 Å². The highest BCUT2D eigenvalue weighted by atomic mass is 16.2. The second-order valence-corrected chi connectivity index (χ2v) is 8.78. The van der Waals surface area contributed by atoms with Gasteiger partial charge >= 0.3 is 0 Å². The lowest BCUT2D eigenvalue weighted by atomic mass is 9.94. The van der Waals surface area contributed by atoms with Gasteiger partial charge in [-0.1, -0.05) is 66.7 Å². The van der Waals surface area contributed by atoms with E-state index in [0.717, 1.165) is 42.0 Å². The Morgan fingerprint density at radius 3 is 2.23 bits per heavy atom. The van der Waals surface area contributed by atoms with Gasteiger partial charge in [0.1, 0.15) is 0 Å². The summed E-state index contributed by atoms with van der Waals surface area (Å²) in [5.41, 5.74) is 1.94. The van der Waals surface area contributed by atoms with Crippen LogP contribution >= 0.6 is 0 Å². The van der Waals surface area contributed by atoms with Gasteiger partial charge in [0.05, 0.1) is 0 Å². The summed E-state index contributed by atoms with van der Waals surface area (Å²) >= 11 is 0. The van der Waals surface area contributed by atoms with Crippen LogP contribution in [0.15, 0.2) is 72.8 Å². The summed E-state index contributed by atoms with van der Waals surface area (Å²) < 4.78 is 0. The number of piperidine rings is 1. The number of likely N-dealkylation sites (tertiary alicyclic amines) is 1. The van der Waals surface area contributed by atoms with Crippen LogP contribution in [0, 0.1) is 5.92 Å². The van der Waals surface area contributed by atoms with Gasteiger partial charge in [-0.3, -0.25) is 9.59 Å². The minimum absolute atomic E-state index is 0.0147. The predicted molar refractivity (Wildman–Crippen MR) is 123 cm³/mol. The molecule has 3 aromatic carbocycles. The molecule has 4 nitrogen and oxygen atoms in total. The van der Waals surface area contributed by atoms with Crippen molar-refractivity contribution in [3.63, 3.8) is 0 Å². The van der Waals surface area contributed by atoms with Gasteiger partial charge < -0.3 is 9.80 Å². The minimum Gasteiger partial charge on any atom is -0.339 e. The van der Waals surface area contributed by atoms with Gasteiger partial charge in [0.2, 0.25) is 5.91 Å². The smallest absolute Gasteiger partial charge is 0.254 e. The van der Waals surface area contributed by atoms with Crippen LogP contribution in [0.4, 0.5) is 0 Å². The first kappa shape index (κ1) is 19.8. The lowest BCUT2D eigenvalue weighted by Gasteiger charge is -2.34. The van der Waals surface area contributed by atoms with Crippen molar-refractivity contribution >= 4 is 22.6 Å². The molecule has 158 valence electrons. The Labute approximate surface area is 183 Å². The fourth-order valence-electron chi connectivity index (χ4n) is 4.70. The average molecular weight is 413 g/mol. The number of rotatable bonds is 5. The highest BCUT2D eigenvalue weighted by Gasteiger charge is 2.37. The Kier molecular flexibility index (Phi) is 5.46. The van der Waals surface area contributed by atoms with Gasteiger partial charge in [-0.25, -0.2) is 0 Å². The summed E-state index contributed by atoms with van der Waals surface area (Å²) in [6, 6.07) is 24.6. The van der Waals surface area contributed by atoms with Crippen molar-refractivity contribution in [1.29, 1.82) is 0 Å². The van der Waals surface area contributed by atoms with Crippen molar-refractivity contribution in [1.82, 2.24) is 9.80 Å². The Balaban J connectivity index is 1.25. The molecule has 2 aliphatic rings. The van der Waals surface area contributed by atoms with Crippen molar-refractivity contribution < 1.29 is 9.59 Å². The third-order valence-corrected chi connectivity index (χ3v) is 6.62. The molecular formula is C27H28N2O2. The maximum atomic E-state index is 13.3. The van der Waals surface area contributed by atoms with Crippen molar-refractivity contribution in [2.75, 3.05) is 13.1 Å². The van der Waals surface area contributed by atoms with Crippen LogP contribution in [0.2, 0.25) is 0 Å². The maximum absolute atomic E-state index is 13.3.